The number of ether oxygens (including phenoxy) is 2. The van der Waals surface area contributed by atoms with Crippen molar-refractivity contribution in [2.24, 2.45) is 0 Å². The fourth-order valence-electron chi connectivity index (χ4n) is 3.63. The van der Waals surface area contributed by atoms with Gasteiger partial charge < -0.3 is 19.9 Å². The Morgan fingerprint density at radius 1 is 1.44 bits per heavy atom. The van der Waals surface area contributed by atoms with Crippen LogP contribution in [0.4, 0.5) is 0 Å². The quantitative estimate of drug-likeness (QED) is 0.533. The van der Waals surface area contributed by atoms with Crippen LogP contribution in [0.5, 0.6) is 5.75 Å². The first-order valence-corrected chi connectivity index (χ1v) is 9.99. The number of hydrogen-bond acceptors (Lipinski definition) is 9. The molecule has 1 aliphatic heterocycles. The summed E-state index contributed by atoms with van der Waals surface area (Å²) in [6, 6.07) is 6.81. The van der Waals surface area contributed by atoms with E-state index in [-0.39, 0.29) is 18.6 Å². The molecule has 0 saturated carbocycles. The second-order valence-electron chi connectivity index (χ2n) is 7.51. The largest absolute Gasteiger partial charge is 0.495 e. The zero-order chi connectivity index (χ0) is 22.8. The Morgan fingerprint density at radius 3 is 3.00 bits per heavy atom. The molecule has 1 aromatic carbocycles. The van der Waals surface area contributed by atoms with Gasteiger partial charge in [0.1, 0.15) is 24.0 Å². The minimum atomic E-state index is -0.782. The summed E-state index contributed by atoms with van der Waals surface area (Å²) >= 11 is 0. The summed E-state index contributed by atoms with van der Waals surface area (Å²) in [4.78, 5) is 15.9. The number of carbonyl (C=O) groups is 1. The topological polar surface area (TPSA) is 135 Å². The van der Waals surface area contributed by atoms with Crippen molar-refractivity contribution in [1.82, 2.24) is 25.3 Å². The molecule has 0 radical (unpaired) electrons. The maximum Gasteiger partial charge on any atom is 0.338 e. The van der Waals surface area contributed by atoms with E-state index in [1.807, 2.05) is 19.9 Å². The first-order valence-electron chi connectivity index (χ1n) is 9.99. The summed E-state index contributed by atoms with van der Waals surface area (Å²) < 4.78 is 11.8. The number of methoxy groups -OCH3 is 1. The summed E-state index contributed by atoms with van der Waals surface area (Å²) in [6.07, 6.45) is 2.35. The summed E-state index contributed by atoms with van der Waals surface area (Å²) in [5.41, 5.74) is 3.98. The van der Waals surface area contributed by atoms with Crippen molar-refractivity contribution >= 4 is 5.97 Å². The third kappa shape index (κ3) is 3.91. The standard InChI is InChI=1S/C22H22N6O4/c1-12-16(4-5-17-18(12)11-32-22(17)30)21(29)13(2)24-9-15-10-28(27-26-15)20-6-19(31-3)14(7-23)8-25-20/h4-6,8,10,13,21,24,29H,9,11H2,1-3H3. The Bertz CT molecular complexity index is 1220. The van der Waals surface area contributed by atoms with Crippen LogP contribution in [0.2, 0.25) is 0 Å². The average molecular weight is 434 g/mol. The van der Waals surface area contributed by atoms with Gasteiger partial charge >= 0.3 is 5.97 Å². The molecule has 3 aromatic rings. The van der Waals surface area contributed by atoms with Gasteiger partial charge in [0.05, 0.1) is 36.9 Å². The van der Waals surface area contributed by atoms with E-state index in [1.165, 1.54) is 18.0 Å². The van der Waals surface area contributed by atoms with Gasteiger partial charge in [-0.25, -0.2) is 14.5 Å². The maximum absolute atomic E-state index is 11.7. The lowest BCUT2D eigenvalue weighted by atomic mass is 9.93. The molecule has 10 nitrogen and oxygen atoms in total. The number of carbonyl (C=O) groups excluding carboxylic acids is 1. The second kappa shape index (κ2) is 8.74. The van der Waals surface area contributed by atoms with Gasteiger partial charge in [-0.15, -0.1) is 5.10 Å². The van der Waals surface area contributed by atoms with Crippen LogP contribution in [0, 0.1) is 18.3 Å². The van der Waals surface area contributed by atoms with Crippen molar-refractivity contribution in [1.29, 1.82) is 5.26 Å². The number of nitrogens with zero attached hydrogens (tertiary/aromatic N) is 5. The number of aromatic nitrogens is 4. The van der Waals surface area contributed by atoms with E-state index in [1.54, 1.807) is 24.4 Å². The van der Waals surface area contributed by atoms with Gasteiger partial charge in [0.15, 0.2) is 5.82 Å². The zero-order valence-corrected chi connectivity index (χ0v) is 17.9. The molecule has 4 rings (SSSR count). The smallest absolute Gasteiger partial charge is 0.338 e. The van der Waals surface area contributed by atoms with Crippen molar-refractivity contribution in [3.8, 4) is 17.6 Å². The van der Waals surface area contributed by atoms with E-state index in [9.17, 15) is 9.90 Å². The van der Waals surface area contributed by atoms with Gasteiger partial charge in [0.2, 0.25) is 0 Å². The highest BCUT2D eigenvalue weighted by atomic mass is 16.5. The minimum absolute atomic E-state index is 0.236. The number of benzene rings is 1. The van der Waals surface area contributed by atoms with E-state index in [0.29, 0.717) is 34.9 Å². The van der Waals surface area contributed by atoms with Crippen LogP contribution >= 0.6 is 0 Å². The molecule has 164 valence electrons. The van der Waals surface area contributed by atoms with Crippen molar-refractivity contribution in [3.05, 3.63) is 64.1 Å². The van der Waals surface area contributed by atoms with Crippen LogP contribution in [-0.4, -0.2) is 44.2 Å². The van der Waals surface area contributed by atoms with Gasteiger partial charge in [0.25, 0.3) is 0 Å². The number of aliphatic hydroxyl groups excluding tert-OH is 1. The fourth-order valence-corrected chi connectivity index (χ4v) is 3.63. The maximum atomic E-state index is 11.7. The molecular weight excluding hydrogens is 412 g/mol. The summed E-state index contributed by atoms with van der Waals surface area (Å²) in [6.45, 7) is 4.36. The molecule has 0 fully saturated rings. The molecular formula is C22H22N6O4. The van der Waals surface area contributed by atoms with Crippen molar-refractivity contribution < 1.29 is 19.4 Å². The van der Waals surface area contributed by atoms with Crippen LogP contribution in [0.15, 0.2) is 30.6 Å². The number of cyclic esters (lactones) is 1. The van der Waals surface area contributed by atoms with E-state index in [0.717, 1.165) is 16.7 Å². The first-order chi connectivity index (χ1) is 15.4. The summed E-state index contributed by atoms with van der Waals surface area (Å²) in [5.74, 6) is 0.548. The third-order valence-corrected chi connectivity index (χ3v) is 5.57. The number of esters is 1. The number of rotatable bonds is 7. The summed E-state index contributed by atoms with van der Waals surface area (Å²) in [5, 5.41) is 31.4. The van der Waals surface area contributed by atoms with Gasteiger partial charge in [0, 0.05) is 24.2 Å². The van der Waals surface area contributed by atoms with E-state index >= 15 is 0 Å². The Balaban J connectivity index is 1.43. The molecule has 1 aliphatic rings. The molecule has 0 amide bonds. The highest BCUT2D eigenvalue weighted by Gasteiger charge is 2.27. The lowest BCUT2D eigenvalue weighted by Gasteiger charge is -2.22. The van der Waals surface area contributed by atoms with Crippen LogP contribution in [0.25, 0.3) is 5.82 Å². The number of nitriles is 1. The highest BCUT2D eigenvalue weighted by Crippen LogP contribution is 2.30. The molecule has 0 bridgehead atoms. The number of fused-ring (bicyclic) bond motifs is 1. The third-order valence-electron chi connectivity index (χ3n) is 5.57. The lowest BCUT2D eigenvalue weighted by Crippen LogP contribution is -2.32. The van der Waals surface area contributed by atoms with Crippen molar-refractivity contribution in [2.75, 3.05) is 7.11 Å². The normalized spacial score (nSPS) is 14.4. The summed E-state index contributed by atoms with van der Waals surface area (Å²) in [7, 11) is 1.48. The van der Waals surface area contributed by atoms with Crippen molar-refractivity contribution in [3.63, 3.8) is 0 Å². The fraction of sp³-hybridized carbons (Fsp3) is 0.318. The molecule has 0 saturated heterocycles. The van der Waals surface area contributed by atoms with Crippen LogP contribution in [0.3, 0.4) is 0 Å². The van der Waals surface area contributed by atoms with Crippen LogP contribution < -0.4 is 10.1 Å². The zero-order valence-electron chi connectivity index (χ0n) is 17.9. The number of nitrogens with one attached hydrogen (secondary N) is 1. The molecule has 2 atom stereocenters. The van der Waals surface area contributed by atoms with E-state index < -0.39 is 6.10 Å². The van der Waals surface area contributed by atoms with Crippen LogP contribution in [0.1, 0.15) is 51.3 Å². The van der Waals surface area contributed by atoms with Gasteiger partial charge in [-0.3, -0.25) is 0 Å². The number of aliphatic hydroxyl groups is 1. The molecule has 3 heterocycles. The van der Waals surface area contributed by atoms with Crippen molar-refractivity contribution in [2.45, 2.75) is 39.1 Å². The number of pyridine rings is 1. The second-order valence-corrected chi connectivity index (χ2v) is 7.51. The Morgan fingerprint density at radius 2 is 2.25 bits per heavy atom. The SMILES string of the molecule is COc1cc(-n2cc(CNC(C)C(O)c3ccc4c(c3C)COC4=O)nn2)ncc1C#N. The molecule has 2 unspecified atom stereocenters. The minimum Gasteiger partial charge on any atom is -0.495 e. The predicted molar refractivity (Wildman–Crippen MR) is 112 cm³/mol. The van der Waals surface area contributed by atoms with Gasteiger partial charge in [-0.05, 0) is 31.0 Å². The Kier molecular flexibility index (Phi) is 5.85. The highest BCUT2D eigenvalue weighted by molar-refractivity contribution is 5.93. The van der Waals surface area contributed by atoms with E-state index in [4.69, 9.17) is 14.7 Å². The average Bonchev–Trinajstić information content (AvgIpc) is 3.44. The molecule has 2 aromatic heterocycles. The molecule has 10 heteroatoms. The Hall–Kier alpha value is -3.81. The monoisotopic (exact) mass is 434 g/mol. The van der Waals surface area contributed by atoms with Gasteiger partial charge in [-0.1, -0.05) is 11.3 Å². The van der Waals surface area contributed by atoms with E-state index in [2.05, 4.69) is 20.6 Å². The molecule has 2 N–H and O–H groups in total. The van der Waals surface area contributed by atoms with Gasteiger partial charge in [-0.2, -0.15) is 5.26 Å². The molecule has 0 spiro atoms. The first kappa shape index (κ1) is 21.4. The Labute approximate surface area is 184 Å². The molecule has 0 aliphatic carbocycles. The predicted octanol–water partition coefficient (Wildman–Crippen LogP) is 1.73. The lowest BCUT2D eigenvalue weighted by molar-refractivity contribution is 0.0535. The molecule has 32 heavy (non-hydrogen) atoms. The number of hydrogen-bond donors (Lipinski definition) is 2. The van der Waals surface area contributed by atoms with Crippen LogP contribution in [-0.2, 0) is 17.9 Å².